The number of phenolic OH excluding ortho intramolecular Hbond substituents is 2. The topological polar surface area (TPSA) is 63.9 Å². The second-order valence-corrected chi connectivity index (χ2v) is 4.16. The van der Waals surface area contributed by atoms with Gasteiger partial charge >= 0.3 is 0 Å². The molecule has 0 saturated heterocycles. The molecule has 2 rings (SSSR count). The molecule has 1 atom stereocenters. The fourth-order valence-corrected chi connectivity index (χ4v) is 1.97. The van der Waals surface area contributed by atoms with Gasteiger partial charge in [-0.3, -0.25) is 0 Å². The summed E-state index contributed by atoms with van der Waals surface area (Å²) in [5, 5.41) is 28.5. The molecule has 1 unspecified atom stereocenters. The van der Waals surface area contributed by atoms with Gasteiger partial charge in [0.25, 0.3) is 0 Å². The predicted molar refractivity (Wildman–Crippen MR) is 57.2 cm³/mol. The number of aromatic hydroxyl groups is 2. The van der Waals surface area contributed by atoms with Crippen LogP contribution in [0.25, 0.3) is 0 Å². The zero-order valence-corrected chi connectivity index (χ0v) is 8.81. The smallest absolute Gasteiger partial charge is 0.159 e. The van der Waals surface area contributed by atoms with E-state index in [4.69, 9.17) is 0 Å². The van der Waals surface area contributed by atoms with Gasteiger partial charge < -0.3 is 20.2 Å². The molecule has 0 fully saturated rings. The van der Waals surface area contributed by atoms with Crippen LogP contribution in [-0.4, -0.2) is 27.9 Å². The van der Waals surface area contributed by atoms with Crippen molar-refractivity contribution in [3.63, 3.8) is 0 Å². The minimum absolute atomic E-state index is 0.145. The van der Waals surface area contributed by atoms with E-state index < -0.39 is 6.10 Å². The molecule has 0 aromatic heterocycles. The van der Waals surface area contributed by atoms with Crippen molar-refractivity contribution in [2.24, 2.45) is 0 Å². The standard InChI is InChI=1S/C11H15NO3/c1-6(2)12-5-11(15)7-3-9(13)10(14)4-8(7)12/h3-4,6,11,13-15H,5H2,1-2H3. The number of benzene rings is 1. The van der Waals surface area contributed by atoms with E-state index in [9.17, 15) is 15.3 Å². The van der Waals surface area contributed by atoms with E-state index >= 15 is 0 Å². The van der Waals surface area contributed by atoms with Gasteiger partial charge in [-0.2, -0.15) is 0 Å². The Balaban J connectivity index is 2.51. The van der Waals surface area contributed by atoms with Gasteiger partial charge in [0.1, 0.15) is 0 Å². The van der Waals surface area contributed by atoms with E-state index in [-0.39, 0.29) is 17.5 Å². The van der Waals surface area contributed by atoms with Crippen molar-refractivity contribution in [2.75, 3.05) is 11.4 Å². The van der Waals surface area contributed by atoms with Crippen LogP contribution in [0.1, 0.15) is 25.5 Å². The molecule has 0 saturated carbocycles. The fraction of sp³-hybridized carbons (Fsp3) is 0.455. The first kappa shape index (κ1) is 10.1. The van der Waals surface area contributed by atoms with Crippen LogP contribution in [-0.2, 0) is 0 Å². The summed E-state index contributed by atoms with van der Waals surface area (Å²) in [5.74, 6) is -0.327. The van der Waals surface area contributed by atoms with Crippen LogP contribution in [0.4, 0.5) is 5.69 Å². The zero-order chi connectivity index (χ0) is 11.2. The maximum atomic E-state index is 9.78. The van der Waals surface area contributed by atoms with E-state index in [0.29, 0.717) is 12.1 Å². The normalized spacial score (nSPS) is 19.7. The van der Waals surface area contributed by atoms with Gasteiger partial charge in [0.15, 0.2) is 11.5 Å². The summed E-state index contributed by atoms with van der Waals surface area (Å²) in [6.45, 7) is 4.55. The van der Waals surface area contributed by atoms with Gasteiger partial charge in [0, 0.05) is 29.9 Å². The minimum Gasteiger partial charge on any atom is -0.504 e. The minimum atomic E-state index is -0.589. The molecule has 4 heteroatoms. The predicted octanol–water partition coefficient (Wildman–Crippen LogP) is 1.36. The molecule has 0 aliphatic carbocycles. The summed E-state index contributed by atoms with van der Waals surface area (Å²) in [6.07, 6.45) is -0.589. The third kappa shape index (κ3) is 1.51. The summed E-state index contributed by atoms with van der Waals surface area (Å²) in [6, 6.07) is 3.18. The van der Waals surface area contributed by atoms with Crippen LogP contribution in [0.15, 0.2) is 12.1 Å². The first-order chi connectivity index (χ1) is 7.00. The zero-order valence-electron chi connectivity index (χ0n) is 8.81. The van der Waals surface area contributed by atoms with Gasteiger partial charge in [-0.25, -0.2) is 0 Å². The molecule has 3 N–H and O–H groups in total. The van der Waals surface area contributed by atoms with Gasteiger partial charge in [0.2, 0.25) is 0 Å². The highest BCUT2D eigenvalue weighted by Gasteiger charge is 2.29. The number of hydrogen-bond donors (Lipinski definition) is 3. The van der Waals surface area contributed by atoms with Crippen LogP contribution in [0.2, 0.25) is 0 Å². The highest BCUT2D eigenvalue weighted by molar-refractivity contribution is 5.65. The molecular weight excluding hydrogens is 194 g/mol. The number of rotatable bonds is 1. The van der Waals surface area contributed by atoms with Crippen molar-refractivity contribution in [3.05, 3.63) is 17.7 Å². The number of nitrogens with zero attached hydrogens (tertiary/aromatic N) is 1. The molecule has 0 radical (unpaired) electrons. The lowest BCUT2D eigenvalue weighted by atomic mass is 10.1. The first-order valence-corrected chi connectivity index (χ1v) is 5.01. The van der Waals surface area contributed by atoms with Crippen molar-refractivity contribution in [1.29, 1.82) is 0 Å². The number of anilines is 1. The van der Waals surface area contributed by atoms with Crippen molar-refractivity contribution in [2.45, 2.75) is 26.0 Å². The third-order valence-electron chi connectivity index (χ3n) is 2.79. The average molecular weight is 209 g/mol. The quantitative estimate of drug-likeness (QED) is 0.611. The number of β-amino-alcohol motifs (C(OH)–C–C–N with tert-alkyl or cyclic N) is 1. The second kappa shape index (κ2) is 3.31. The van der Waals surface area contributed by atoms with Gasteiger partial charge in [-0.05, 0) is 19.9 Å². The molecule has 1 aliphatic rings. The lowest BCUT2D eigenvalue weighted by molar-refractivity contribution is 0.192. The van der Waals surface area contributed by atoms with Crippen LogP contribution in [0.5, 0.6) is 11.5 Å². The van der Waals surface area contributed by atoms with Crippen molar-refractivity contribution in [3.8, 4) is 11.5 Å². The highest BCUT2D eigenvalue weighted by atomic mass is 16.3. The fourth-order valence-electron chi connectivity index (χ4n) is 1.97. The van der Waals surface area contributed by atoms with E-state index in [1.54, 1.807) is 0 Å². The van der Waals surface area contributed by atoms with Crippen LogP contribution in [0, 0.1) is 0 Å². The number of hydrogen-bond acceptors (Lipinski definition) is 4. The highest BCUT2D eigenvalue weighted by Crippen LogP contribution is 2.42. The second-order valence-electron chi connectivity index (χ2n) is 4.16. The summed E-state index contributed by atoms with van der Waals surface area (Å²) in [7, 11) is 0. The Kier molecular flexibility index (Phi) is 2.23. The molecule has 1 aliphatic heterocycles. The molecule has 0 amide bonds. The SMILES string of the molecule is CC(C)N1CC(O)c2cc(O)c(O)cc21. The Morgan fingerprint density at radius 3 is 2.47 bits per heavy atom. The Morgan fingerprint density at radius 2 is 1.87 bits per heavy atom. The van der Waals surface area contributed by atoms with Crippen molar-refractivity contribution in [1.82, 2.24) is 0 Å². The molecule has 0 bridgehead atoms. The number of aliphatic hydroxyl groups excluding tert-OH is 1. The lowest BCUT2D eigenvalue weighted by Gasteiger charge is -2.23. The van der Waals surface area contributed by atoms with Gasteiger partial charge in [-0.1, -0.05) is 0 Å². The molecular formula is C11H15NO3. The summed E-state index contributed by atoms with van der Waals surface area (Å²) in [4.78, 5) is 2.00. The molecule has 1 aromatic rings. The maximum Gasteiger partial charge on any atom is 0.159 e. The Hall–Kier alpha value is -1.42. The number of phenols is 2. The molecule has 15 heavy (non-hydrogen) atoms. The van der Waals surface area contributed by atoms with Crippen molar-refractivity contribution < 1.29 is 15.3 Å². The molecule has 1 heterocycles. The van der Waals surface area contributed by atoms with Crippen LogP contribution >= 0.6 is 0 Å². The Labute approximate surface area is 88.4 Å². The van der Waals surface area contributed by atoms with E-state index in [2.05, 4.69) is 0 Å². The van der Waals surface area contributed by atoms with Crippen LogP contribution < -0.4 is 4.90 Å². The number of fused-ring (bicyclic) bond motifs is 1. The molecule has 0 spiro atoms. The van der Waals surface area contributed by atoms with E-state index in [1.165, 1.54) is 12.1 Å². The number of aliphatic hydroxyl groups is 1. The van der Waals surface area contributed by atoms with Gasteiger partial charge in [0.05, 0.1) is 6.10 Å². The maximum absolute atomic E-state index is 9.78. The first-order valence-electron chi connectivity index (χ1n) is 5.01. The molecule has 1 aromatic carbocycles. The Morgan fingerprint density at radius 1 is 1.27 bits per heavy atom. The summed E-state index contributed by atoms with van der Waals surface area (Å²) >= 11 is 0. The summed E-state index contributed by atoms with van der Waals surface area (Å²) < 4.78 is 0. The van der Waals surface area contributed by atoms with Crippen LogP contribution in [0.3, 0.4) is 0 Å². The molecule has 82 valence electrons. The largest absolute Gasteiger partial charge is 0.504 e. The monoisotopic (exact) mass is 209 g/mol. The summed E-state index contributed by atoms with van der Waals surface area (Å²) in [5.41, 5.74) is 1.48. The van der Waals surface area contributed by atoms with E-state index in [0.717, 1.165) is 5.69 Å². The van der Waals surface area contributed by atoms with Crippen molar-refractivity contribution >= 4 is 5.69 Å². The lowest BCUT2D eigenvalue weighted by Crippen LogP contribution is -2.29. The van der Waals surface area contributed by atoms with Gasteiger partial charge in [-0.15, -0.1) is 0 Å². The Bertz CT molecular complexity index is 390. The van der Waals surface area contributed by atoms with E-state index in [1.807, 2.05) is 18.7 Å². The third-order valence-corrected chi connectivity index (χ3v) is 2.79. The molecule has 4 nitrogen and oxygen atoms in total. The average Bonchev–Trinajstić information content (AvgIpc) is 2.45.